The van der Waals surface area contributed by atoms with Gasteiger partial charge in [-0.2, -0.15) is 0 Å². The fourth-order valence-electron chi connectivity index (χ4n) is 2.96. The lowest BCUT2D eigenvalue weighted by Gasteiger charge is -2.19. The lowest BCUT2D eigenvalue weighted by Crippen LogP contribution is -2.34. The van der Waals surface area contributed by atoms with E-state index in [1.54, 1.807) is 20.8 Å². The van der Waals surface area contributed by atoms with Gasteiger partial charge >= 0.3 is 11.9 Å². The smallest absolute Gasteiger partial charge is 0.340 e. The van der Waals surface area contributed by atoms with Gasteiger partial charge in [0.1, 0.15) is 12.2 Å². The lowest BCUT2D eigenvalue weighted by molar-refractivity contribution is -0.198. The highest BCUT2D eigenvalue weighted by Gasteiger charge is 2.34. The minimum atomic E-state index is -0.881. The van der Waals surface area contributed by atoms with Gasteiger partial charge in [-0.25, -0.2) is 9.59 Å². The van der Waals surface area contributed by atoms with Gasteiger partial charge in [-0.15, -0.1) is 10.1 Å². The van der Waals surface area contributed by atoms with E-state index in [0.717, 1.165) is 17.7 Å². The SMILES string of the molecule is CC(C)(C)C(=O)CC(=O)ON1C(=O)CCC1=O.CC(C)(C)C(=S)CCCOCCC(=O)ON1C(=O)CCC1=O. The highest BCUT2D eigenvalue weighted by Crippen LogP contribution is 2.20. The van der Waals surface area contributed by atoms with Crippen LogP contribution >= 0.6 is 12.2 Å². The van der Waals surface area contributed by atoms with Crippen molar-refractivity contribution in [3.63, 3.8) is 0 Å². The maximum Gasteiger partial charge on any atom is 0.340 e. The Balaban J connectivity index is 0.000000403. The third-order valence-corrected chi connectivity index (χ3v) is 6.34. The summed E-state index contributed by atoms with van der Waals surface area (Å²) in [7, 11) is 0. The second-order valence-corrected chi connectivity index (χ2v) is 11.6. The number of Topliss-reactive ketones (excluding diaryl/α,β-unsaturated/α-hetero) is 1. The van der Waals surface area contributed by atoms with Crippen molar-refractivity contribution in [3.8, 4) is 0 Å². The molecule has 218 valence electrons. The van der Waals surface area contributed by atoms with Crippen LogP contribution in [0.2, 0.25) is 0 Å². The zero-order valence-electron chi connectivity index (χ0n) is 23.5. The van der Waals surface area contributed by atoms with Gasteiger partial charge < -0.3 is 14.4 Å². The monoisotopic (exact) mass is 570 g/mol. The number of rotatable bonds is 11. The summed E-state index contributed by atoms with van der Waals surface area (Å²) in [5.41, 5.74) is -0.633. The zero-order chi connectivity index (χ0) is 30.0. The van der Waals surface area contributed by atoms with Crippen LogP contribution in [-0.2, 0) is 48.0 Å². The predicted octanol–water partition coefficient (Wildman–Crippen LogP) is 2.80. The van der Waals surface area contributed by atoms with Crippen molar-refractivity contribution in [2.24, 2.45) is 10.8 Å². The Hall–Kier alpha value is -3.06. The van der Waals surface area contributed by atoms with Crippen molar-refractivity contribution in [2.75, 3.05) is 13.2 Å². The third-order valence-electron chi connectivity index (χ3n) is 5.52. The third kappa shape index (κ3) is 12.1. The first-order valence-corrected chi connectivity index (χ1v) is 13.1. The molecule has 0 aromatic rings. The second-order valence-electron chi connectivity index (χ2n) is 11.1. The molecule has 0 aromatic heterocycles. The fraction of sp³-hybridized carbons (Fsp3) is 0.692. The Morgan fingerprint density at radius 3 is 1.54 bits per heavy atom. The van der Waals surface area contributed by atoms with Gasteiger partial charge in [0, 0.05) is 37.7 Å². The number of ether oxygens (including phenoxy) is 1. The average molecular weight is 571 g/mol. The van der Waals surface area contributed by atoms with Crippen LogP contribution in [0.5, 0.6) is 0 Å². The van der Waals surface area contributed by atoms with Crippen molar-refractivity contribution in [2.45, 2.75) is 92.9 Å². The molecule has 0 spiro atoms. The number of hydrogen-bond donors (Lipinski definition) is 0. The van der Waals surface area contributed by atoms with Crippen molar-refractivity contribution in [1.82, 2.24) is 10.1 Å². The van der Waals surface area contributed by atoms with Crippen LogP contribution in [0.25, 0.3) is 0 Å². The Morgan fingerprint density at radius 1 is 0.692 bits per heavy atom. The molecule has 2 aliphatic rings. The van der Waals surface area contributed by atoms with Crippen LogP contribution in [0.3, 0.4) is 0 Å². The highest BCUT2D eigenvalue weighted by molar-refractivity contribution is 7.80. The van der Waals surface area contributed by atoms with Crippen LogP contribution in [0, 0.1) is 10.8 Å². The Kier molecular flexibility index (Phi) is 13.0. The van der Waals surface area contributed by atoms with E-state index in [9.17, 15) is 33.6 Å². The van der Waals surface area contributed by atoms with E-state index < -0.39 is 47.4 Å². The largest absolute Gasteiger partial charge is 0.381 e. The number of hydrogen-bond acceptors (Lipinski definition) is 11. The van der Waals surface area contributed by atoms with Crippen molar-refractivity contribution in [1.29, 1.82) is 0 Å². The van der Waals surface area contributed by atoms with Gasteiger partial charge in [-0.1, -0.05) is 53.8 Å². The van der Waals surface area contributed by atoms with Crippen LogP contribution < -0.4 is 0 Å². The molecule has 13 heteroatoms. The van der Waals surface area contributed by atoms with E-state index in [1.807, 2.05) is 0 Å². The molecule has 0 aliphatic carbocycles. The molecule has 12 nitrogen and oxygen atoms in total. The zero-order valence-corrected chi connectivity index (χ0v) is 24.3. The summed E-state index contributed by atoms with van der Waals surface area (Å²) in [4.78, 5) is 89.5. The summed E-state index contributed by atoms with van der Waals surface area (Å²) in [5.74, 6) is -3.88. The molecule has 2 saturated heterocycles. The van der Waals surface area contributed by atoms with Crippen molar-refractivity contribution in [3.05, 3.63) is 0 Å². The summed E-state index contributed by atoms with van der Waals surface area (Å²) >= 11 is 5.31. The summed E-state index contributed by atoms with van der Waals surface area (Å²) in [6, 6.07) is 0. The molecule has 0 radical (unpaired) electrons. The normalized spacial score (nSPS) is 15.7. The van der Waals surface area contributed by atoms with Crippen molar-refractivity contribution < 1.29 is 48.0 Å². The van der Waals surface area contributed by atoms with E-state index in [0.29, 0.717) is 16.7 Å². The molecule has 39 heavy (non-hydrogen) atoms. The van der Waals surface area contributed by atoms with Gasteiger partial charge in [0.05, 0.1) is 13.0 Å². The Bertz CT molecular complexity index is 962. The standard InChI is InChI=1S/C15H23NO5S.C11H15NO5/c1-15(2,3)11(22)5-4-9-20-10-8-14(19)21-16-12(17)6-7-13(16)18;1-11(2,3)7(13)6-10(16)17-12-8(14)4-5-9(12)15/h4-10H2,1-3H3;4-6H2,1-3H3. The Labute approximate surface area is 233 Å². The number of carbonyl (C=O) groups is 7. The average Bonchev–Trinajstić information content (AvgIpc) is 3.30. The molecule has 0 unspecified atom stereocenters. The second kappa shape index (κ2) is 14.9. The first kappa shape index (κ1) is 34.0. The molecule has 2 fully saturated rings. The number of thiocarbonyl (C=S) groups is 1. The van der Waals surface area contributed by atoms with E-state index in [4.69, 9.17) is 21.8 Å². The number of nitrogens with zero attached hydrogens (tertiary/aromatic N) is 2. The fourth-order valence-corrected chi connectivity index (χ4v) is 3.11. The van der Waals surface area contributed by atoms with Gasteiger partial charge in [-0.05, 0) is 23.1 Å². The molecular weight excluding hydrogens is 532 g/mol. The van der Waals surface area contributed by atoms with Crippen LogP contribution in [0.1, 0.15) is 92.9 Å². The van der Waals surface area contributed by atoms with Crippen LogP contribution in [-0.4, -0.2) is 69.6 Å². The van der Waals surface area contributed by atoms with Crippen LogP contribution in [0.4, 0.5) is 0 Å². The molecular formula is C26H38N2O10S. The predicted molar refractivity (Wildman–Crippen MR) is 140 cm³/mol. The van der Waals surface area contributed by atoms with E-state index in [-0.39, 0.29) is 49.9 Å². The maximum atomic E-state index is 11.5. The maximum absolute atomic E-state index is 11.5. The molecule has 0 atom stereocenters. The van der Waals surface area contributed by atoms with E-state index in [2.05, 4.69) is 25.6 Å². The van der Waals surface area contributed by atoms with Gasteiger partial charge in [0.2, 0.25) is 0 Å². The number of hydroxylamine groups is 4. The lowest BCUT2D eigenvalue weighted by atomic mass is 9.89. The summed E-state index contributed by atoms with van der Waals surface area (Å²) in [6.07, 6.45) is 1.43. The molecule has 4 amide bonds. The first-order valence-electron chi connectivity index (χ1n) is 12.7. The number of ketones is 1. The number of amides is 4. The quantitative estimate of drug-likeness (QED) is 0.156. The molecule has 0 N–H and O–H groups in total. The minimum Gasteiger partial charge on any atom is -0.381 e. The van der Waals surface area contributed by atoms with Crippen LogP contribution in [0.15, 0.2) is 0 Å². The summed E-state index contributed by atoms with van der Waals surface area (Å²) in [5, 5.41) is 0.988. The van der Waals surface area contributed by atoms with Gasteiger partial charge in [-0.3, -0.25) is 24.0 Å². The first-order chi connectivity index (χ1) is 17.9. The van der Waals surface area contributed by atoms with Gasteiger partial charge in [0.25, 0.3) is 23.6 Å². The molecule has 2 heterocycles. The van der Waals surface area contributed by atoms with Gasteiger partial charge in [0.15, 0.2) is 0 Å². The highest BCUT2D eigenvalue weighted by atomic mass is 32.1. The topological polar surface area (TPSA) is 154 Å². The van der Waals surface area contributed by atoms with Crippen molar-refractivity contribution >= 4 is 58.4 Å². The molecule has 0 saturated carbocycles. The summed E-state index contributed by atoms with van der Waals surface area (Å²) in [6.45, 7) is 12.0. The summed E-state index contributed by atoms with van der Waals surface area (Å²) < 4.78 is 5.34. The molecule has 0 bridgehead atoms. The minimum absolute atomic E-state index is 0.000771. The van der Waals surface area contributed by atoms with E-state index in [1.165, 1.54) is 0 Å². The number of carbonyl (C=O) groups excluding carboxylic acids is 7. The number of imide groups is 2. The Morgan fingerprint density at radius 2 is 1.13 bits per heavy atom. The van der Waals surface area contributed by atoms with E-state index >= 15 is 0 Å². The molecule has 0 aromatic carbocycles. The molecule has 2 rings (SSSR count). The molecule has 2 aliphatic heterocycles.